The molecule has 4 heteroatoms. The second-order valence-electron chi connectivity index (χ2n) is 4.27. The van der Waals surface area contributed by atoms with Crippen molar-refractivity contribution in [3.63, 3.8) is 0 Å². The Morgan fingerprint density at radius 2 is 1.29 bits per heavy atom. The molecule has 0 aromatic rings. The molecule has 17 heavy (non-hydrogen) atoms. The largest absolute Gasteiger partial charge is 0.235 e. The first-order chi connectivity index (χ1) is 8.28. The number of isocyanates is 2. The van der Waals surface area contributed by atoms with E-state index < -0.39 is 0 Å². The van der Waals surface area contributed by atoms with Gasteiger partial charge in [0.15, 0.2) is 0 Å². The highest BCUT2D eigenvalue weighted by atomic mass is 16.1. The Morgan fingerprint density at radius 3 is 1.59 bits per heavy atom. The highest BCUT2D eigenvalue weighted by Crippen LogP contribution is 2.16. The smallest absolute Gasteiger partial charge is 0.211 e. The average Bonchev–Trinajstić information content (AvgIpc) is 2.33. The second-order valence-corrected chi connectivity index (χ2v) is 4.27. The molecule has 0 bridgehead atoms. The minimum absolute atomic E-state index is 0.0496. The lowest BCUT2D eigenvalue weighted by molar-refractivity contribution is 0.451. The van der Waals surface area contributed by atoms with Crippen molar-refractivity contribution >= 4 is 12.2 Å². The summed E-state index contributed by atoms with van der Waals surface area (Å²) in [6, 6.07) is -0.0992. The van der Waals surface area contributed by atoms with Crippen LogP contribution >= 0.6 is 0 Å². The Balaban J connectivity index is 4.32. The molecule has 96 valence electrons. The summed E-state index contributed by atoms with van der Waals surface area (Å²) in [6.07, 6.45) is 9.81. The van der Waals surface area contributed by atoms with Gasteiger partial charge in [0, 0.05) is 0 Å². The van der Waals surface area contributed by atoms with Gasteiger partial charge in [-0.05, 0) is 19.3 Å². The van der Waals surface area contributed by atoms with E-state index in [4.69, 9.17) is 0 Å². The van der Waals surface area contributed by atoms with E-state index in [-0.39, 0.29) is 12.1 Å². The van der Waals surface area contributed by atoms with Crippen molar-refractivity contribution in [1.29, 1.82) is 0 Å². The lowest BCUT2D eigenvalue weighted by Gasteiger charge is -2.15. The summed E-state index contributed by atoms with van der Waals surface area (Å²) in [5.74, 6) is 0. The van der Waals surface area contributed by atoms with Gasteiger partial charge in [0.2, 0.25) is 12.2 Å². The van der Waals surface area contributed by atoms with Gasteiger partial charge >= 0.3 is 0 Å². The maximum absolute atomic E-state index is 10.3. The van der Waals surface area contributed by atoms with Gasteiger partial charge in [-0.15, -0.1) is 0 Å². The lowest BCUT2D eigenvalue weighted by Crippen LogP contribution is -2.15. The molecule has 2 atom stereocenters. The molecule has 0 aromatic heterocycles. The zero-order valence-corrected chi connectivity index (χ0v) is 10.8. The fourth-order valence-corrected chi connectivity index (χ4v) is 1.81. The number of unbranched alkanes of at least 4 members (excludes halogenated alkanes) is 2. The molecule has 0 aliphatic carbocycles. The Hall–Kier alpha value is -1.24. The van der Waals surface area contributed by atoms with Gasteiger partial charge in [0.05, 0.1) is 12.1 Å². The van der Waals surface area contributed by atoms with Gasteiger partial charge in [0.25, 0.3) is 0 Å². The van der Waals surface area contributed by atoms with E-state index >= 15 is 0 Å². The molecule has 0 fully saturated rings. The van der Waals surface area contributed by atoms with Crippen LogP contribution in [0.25, 0.3) is 0 Å². The molecule has 0 rings (SSSR count). The molecule has 0 saturated heterocycles. The molecule has 0 aliphatic rings. The fourth-order valence-electron chi connectivity index (χ4n) is 1.81. The quantitative estimate of drug-likeness (QED) is 0.433. The van der Waals surface area contributed by atoms with E-state index in [0.717, 1.165) is 38.5 Å². The molecule has 4 nitrogen and oxygen atoms in total. The number of hydrogen-bond acceptors (Lipinski definition) is 4. The standard InChI is InChI=1S/C13H22N2O2/c1-3-5-7-12(14-10-16)9-13(15-11-17)8-6-4-2/h12-13H,3-9H2,1-2H3. The maximum atomic E-state index is 10.3. The van der Waals surface area contributed by atoms with Crippen LogP contribution < -0.4 is 0 Å². The zero-order chi connectivity index (χ0) is 12.9. The van der Waals surface area contributed by atoms with Crippen LogP contribution in [-0.2, 0) is 9.59 Å². The third-order valence-electron chi connectivity index (χ3n) is 2.80. The van der Waals surface area contributed by atoms with Crippen molar-refractivity contribution in [2.75, 3.05) is 0 Å². The summed E-state index contributed by atoms with van der Waals surface area (Å²) in [4.78, 5) is 28.3. The Kier molecular flexibility index (Phi) is 10.4. The summed E-state index contributed by atoms with van der Waals surface area (Å²) in [7, 11) is 0. The third kappa shape index (κ3) is 8.56. The van der Waals surface area contributed by atoms with Crippen LogP contribution in [0.15, 0.2) is 9.98 Å². The van der Waals surface area contributed by atoms with E-state index in [9.17, 15) is 9.59 Å². The molecular formula is C13H22N2O2. The zero-order valence-electron chi connectivity index (χ0n) is 10.8. The van der Waals surface area contributed by atoms with Gasteiger partial charge in [-0.25, -0.2) is 19.6 Å². The van der Waals surface area contributed by atoms with Crippen LogP contribution in [0.1, 0.15) is 58.8 Å². The molecular weight excluding hydrogens is 216 g/mol. The first kappa shape index (κ1) is 15.8. The first-order valence-electron chi connectivity index (χ1n) is 6.42. The molecule has 0 spiro atoms. The van der Waals surface area contributed by atoms with Crippen molar-refractivity contribution in [2.45, 2.75) is 70.9 Å². The van der Waals surface area contributed by atoms with Crippen molar-refractivity contribution in [3.8, 4) is 0 Å². The predicted molar refractivity (Wildman–Crippen MR) is 67.5 cm³/mol. The molecule has 0 amide bonds. The number of nitrogens with zero attached hydrogens (tertiary/aromatic N) is 2. The van der Waals surface area contributed by atoms with Gasteiger partial charge in [-0.1, -0.05) is 39.5 Å². The number of hydrogen-bond donors (Lipinski definition) is 0. The third-order valence-corrected chi connectivity index (χ3v) is 2.80. The normalized spacial score (nSPS) is 13.3. The van der Waals surface area contributed by atoms with Crippen LogP contribution in [0.2, 0.25) is 0 Å². The van der Waals surface area contributed by atoms with Gasteiger partial charge in [0.1, 0.15) is 0 Å². The summed E-state index contributed by atoms with van der Waals surface area (Å²) in [5, 5.41) is 0. The average molecular weight is 238 g/mol. The minimum atomic E-state index is -0.0496. The maximum Gasteiger partial charge on any atom is 0.235 e. The van der Waals surface area contributed by atoms with E-state index in [1.54, 1.807) is 12.2 Å². The van der Waals surface area contributed by atoms with E-state index in [0.29, 0.717) is 6.42 Å². The fraction of sp³-hybridized carbons (Fsp3) is 0.846. The van der Waals surface area contributed by atoms with Gasteiger partial charge < -0.3 is 0 Å². The van der Waals surface area contributed by atoms with Gasteiger partial charge in [-0.3, -0.25) is 0 Å². The van der Waals surface area contributed by atoms with Crippen LogP contribution in [0.5, 0.6) is 0 Å². The Labute approximate surface area is 103 Å². The van der Waals surface area contributed by atoms with Crippen LogP contribution in [0.3, 0.4) is 0 Å². The molecule has 0 saturated carbocycles. The summed E-state index contributed by atoms with van der Waals surface area (Å²) >= 11 is 0. The van der Waals surface area contributed by atoms with E-state index in [1.807, 2.05) is 0 Å². The van der Waals surface area contributed by atoms with E-state index in [1.165, 1.54) is 0 Å². The van der Waals surface area contributed by atoms with Crippen molar-refractivity contribution < 1.29 is 9.59 Å². The minimum Gasteiger partial charge on any atom is -0.211 e. The first-order valence-corrected chi connectivity index (χ1v) is 6.42. The molecule has 0 aliphatic heterocycles. The number of aliphatic imine (C=N–C) groups is 2. The van der Waals surface area contributed by atoms with Crippen molar-refractivity contribution in [3.05, 3.63) is 0 Å². The van der Waals surface area contributed by atoms with Crippen LogP contribution in [0.4, 0.5) is 0 Å². The summed E-state index contributed by atoms with van der Waals surface area (Å²) in [5.41, 5.74) is 0. The molecule has 0 aromatic carbocycles. The monoisotopic (exact) mass is 238 g/mol. The Morgan fingerprint density at radius 1 is 0.882 bits per heavy atom. The summed E-state index contributed by atoms with van der Waals surface area (Å²) in [6.45, 7) is 4.19. The molecule has 0 N–H and O–H groups in total. The molecule has 0 heterocycles. The van der Waals surface area contributed by atoms with Crippen molar-refractivity contribution in [1.82, 2.24) is 0 Å². The van der Waals surface area contributed by atoms with Crippen LogP contribution in [0, 0.1) is 0 Å². The predicted octanol–water partition coefficient (Wildman–Crippen LogP) is 3.17. The Bertz CT molecular complexity index is 251. The van der Waals surface area contributed by atoms with Crippen LogP contribution in [-0.4, -0.2) is 24.2 Å². The lowest BCUT2D eigenvalue weighted by atomic mass is 9.99. The summed E-state index contributed by atoms with van der Waals surface area (Å²) < 4.78 is 0. The second kappa shape index (κ2) is 11.3. The molecule has 0 radical (unpaired) electrons. The highest BCUT2D eigenvalue weighted by Gasteiger charge is 2.14. The highest BCUT2D eigenvalue weighted by molar-refractivity contribution is 5.34. The number of carbonyl (C=O) groups excluding carboxylic acids is 2. The SMILES string of the molecule is CCCCC(CC(CCCC)N=C=O)N=C=O. The number of rotatable bonds is 10. The molecule has 2 unspecified atom stereocenters. The van der Waals surface area contributed by atoms with Crippen molar-refractivity contribution in [2.24, 2.45) is 9.98 Å². The van der Waals surface area contributed by atoms with E-state index in [2.05, 4.69) is 23.8 Å². The topological polar surface area (TPSA) is 58.9 Å². The van der Waals surface area contributed by atoms with Gasteiger partial charge in [-0.2, -0.15) is 0 Å².